The van der Waals surface area contributed by atoms with Crippen LogP contribution in [-0.2, 0) is 11.3 Å². The van der Waals surface area contributed by atoms with Crippen LogP contribution in [0, 0.1) is 11.3 Å². The van der Waals surface area contributed by atoms with Gasteiger partial charge in [-0.25, -0.2) is 4.68 Å². The van der Waals surface area contributed by atoms with Crippen LogP contribution >= 0.6 is 0 Å². The van der Waals surface area contributed by atoms with Gasteiger partial charge in [0.25, 0.3) is 5.56 Å². The Kier molecular flexibility index (Phi) is 5.70. The highest BCUT2D eigenvalue weighted by Gasteiger charge is 2.08. The van der Waals surface area contributed by atoms with Gasteiger partial charge in [-0.3, -0.25) is 14.6 Å². The van der Waals surface area contributed by atoms with Crippen molar-refractivity contribution in [3.8, 4) is 17.3 Å². The fourth-order valence-electron chi connectivity index (χ4n) is 2.57. The Bertz CT molecular complexity index is 1040. The number of carbonyl (C=O) groups is 1. The number of anilines is 1. The Morgan fingerprint density at radius 2 is 2.00 bits per heavy atom. The van der Waals surface area contributed by atoms with Crippen LogP contribution in [0.4, 0.5) is 5.69 Å². The van der Waals surface area contributed by atoms with Crippen LogP contribution in [-0.4, -0.2) is 20.7 Å². The number of para-hydroxylation sites is 1. The second-order valence-corrected chi connectivity index (χ2v) is 5.83. The lowest BCUT2D eigenvalue weighted by Crippen LogP contribution is -2.23. The van der Waals surface area contributed by atoms with Gasteiger partial charge in [0.05, 0.1) is 16.9 Å². The van der Waals surface area contributed by atoms with E-state index < -0.39 is 0 Å². The van der Waals surface area contributed by atoms with Crippen LogP contribution in [0.5, 0.6) is 0 Å². The third-order valence-corrected chi connectivity index (χ3v) is 3.92. The molecule has 0 unspecified atom stereocenters. The molecule has 1 amide bonds. The number of aromatic nitrogens is 3. The van der Waals surface area contributed by atoms with Gasteiger partial charge in [0, 0.05) is 37.0 Å². The van der Waals surface area contributed by atoms with Gasteiger partial charge in [-0.1, -0.05) is 12.1 Å². The van der Waals surface area contributed by atoms with Crippen molar-refractivity contribution < 1.29 is 4.79 Å². The number of benzene rings is 1. The minimum Gasteiger partial charge on any atom is -0.325 e. The molecule has 0 fully saturated rings. The third-order valence-electron chi connectivity index (χ3n) is 3.92. The highest BCUT2D eigenvalue weighted by atomic mass is 16.1. The molecule has 0 bridgehead atoms. The molecule has 0 radical (unpaired) electrons. The van der Waals surface area contributed by atoms with E-state index in [-0.39, 0.29) is 17.9 Å². The lowest BCUT2D eigenvalue weighted by molar-refractivity contribution is -0.116. The summed E-state index contributed by atoms with van der Waals surface area (Å²) in [4.78, 5) is 28.2. The summed E-state index contributed by atoms with van der Waals surface area (Å²) in [6, 6.07) is 15.6. The van der Waals surface area contributed by atoms with Gasteiger partial charge in [-0.05, 0) is 36.8 Å². The Morgan fingerprint density at radius 3 is 2.78 bits per heavy atom. The van der Waals surface area contributed by atoms with Crippen LogP contribution in [0.1, 0.15) is 18.4 Å². The summed E-state index contributed by atoms with van der Waals surface area (Å²) in [5, 5.41) is 16.1. The fourth-order valence-corrected chi connectivity index (χ4v) is 2.57. The Morgan fingerprint density at radius 1 is 1.15 bits per heavy atom. The predicted octanol–water partition coefficient (Wildman–Crippen LogP) is 2.60. The Hall–Kier alpha value is -3.79. The number of nitrogens with zero attached hydrogens (tertiary/aromatic N) is 4. The molecule has 0 atom stereocenters. The van der Waals surface area contributed by atoms with Crippen molar-refractivity contribution in [2.24, 2.45) is 0 Å². The molecule has 2 heterocycles. The van der Waals surface area contributed by atoms with Crippen LogP contribution in [0.2, 0.25) is 0 Å². The van der Waals surface area contributed by atoms with Crippen molar-refractivity contribution >= 4 is 11.6 Å². The van der Waals surface area contributed by atoms with E-state index in [9.17, 15) is 9.59 Å². The quantitative estimate of drug-likeness (QED) is 0.729. The van der Waals surface area contributed by atoms with E-state index in [4.69, 9.17) is 5.26 Å². The van der Waals surface area contributed by atoms with Crippen molar-refractivity contribution in [2.45, 2.75) is 19.4 Å². The highest BCUT2D eigenvalue weighted by Crippen LogP contribution is 2.15. The van der Waals surface area contributed by atoms with Crippen LogP contribution < -0.4 is 10.9 Å². The van der Waals surface area contributed by atoms with Crippen LogP contribution in [0.15, 0.2) is 65.7 Å². The van der Waals surface area contributed by atoms with Gasteiger partial charge in [0.1, 0.15) is 6.07 Å². The largest absolute Gasteiger partial charge is 0.325 e. The van der Waals surface area contributed by atoms with Crippen molar-refractivity contribution in [1.29, 1.82) is 5.26 Å². The maximum atomic E-state index is 12.1. The molecule has 1 N–H and O–H groups in total. The first-order chi connectivity index (χ1) is 13.2. The van der Waals surface area contributed by atoms with Crippen LogP contribution in [0.25, 0.3) is 11.3 Å². The minimum absolute atomic E-state index is 0.213. The van der Waals surface area contributed by atoms with Crippen molar-refractivity contribution in [1.82, 2.24) is 14.8 Å². The van der Waals surface area contributed by atoms with Gasteiger partial charge in [0.2, 0.25) is 5.91 Å². The molecule has 3 aromatic rings. The number of hydrogen-bond donors (Lipinski definition) is 1. The monoisotopic (exact) mass is 359 g/mol. The zero-order chi connectivity index (χ0) is 19.1. The second kappa shape index (κ2) is 8.54. The van der Waals surface area contributed by atoms with Gasteiger partial charge < -0.3 is 5.32 Å². The average molecular weight is 359 g/mol. The molecule has 3 rings (SSSR count). The molecule has 0 saturated carbocycles. The molecular formula is C20H17N5O2. The zero-order valence-corrected chi connectivity index (χ0v) is 14.5. The second-order valence-electron chi connectivity index (χ2n) is 5.83. The SMILES string of the molecule is N#Cc1ccccc1NC(=O)CCCn1nc(-c2cccnc2)ccc1=O. The number of nitrogens with one attached hydrogen (secondary N) is 1. The highest BCUT2D eigenvalue weighted by molar-refractivity contribution is 5.92. The van der Waals surface area contributed by atoms with E-state index in [1.165, 1.54) is 10.7 Å². The standard InChI is InChI=1S/C20H17N5O2/c21-13-15-5-1-2-7-17(15)23-19(26)8-4-12-25-20(27)10-9-18(24-25)16-6-3-11-22-14-16/h1-3,5-7,9-11,14H,4,8,12H2,(H,23,26). The van der Waals surface area contributed by atoms with E-state index in [0.717, 1.165) is 5.56 Å². The molecule has 27 heavy (non-hydrogen) atoms. The summed E-state index contributed by atoms with van der Waals surface area (Å²) in [5.74, 6) is -0.214. The maximum Gasteiger partial charge on any atom is 0.266 e. The third kappa shape index (κ3) is 4.64. The number of pyridine rings is 1. The number of aryl methyl sites for hydroxylation is 1. The topological polar surface area (TPSA) is 101 Å². The first-order valence-corrected chi connectivity index (χ1v) is 8.45. The van der Waals surface area contributed by atoms with E-state index in [0.29, 0.717) is 29.9 Å². The molecule has 1 aromatic carbocycles. The summed E-state index contributed by atoms with van der Waals surface area (Å²) < 4.78 is 1.35. The van der Waals surface area contributed by atoms with Gasteiger partial charge in [0.15, 0.2) is 0 Å². The zero-order valence-electron chi connectivity index (χ0n) is 14.5. The summed E-state index contributed by atoms with van der Waals surface area (Å²) in [5.41, 5.74) is 2.14. The summed E-state index contributed by atoms with van der Waals surface area (Å²) >= 11 is 0. The Balaban J connectivity index is 1.61. The molecule has 0 aliphatic heterocycles. The van der Waals surface area contributed by atoms with Crippen molar-refractivity contribution in [2.75, 3.05) is 5.32 Å². The normalized spacial score (nSPS) is 10.2. The van der Waals surface area contributed by atoms with Crippen LogP contribution in [0.3, 0.4) is 0 Å². The summed E-state index contributed by atoms with van der Waals surface area (Å²) in [6.45, 7) is 0.320. The van der Waals surface area contributed by atoms with E-state index in [1.807, 2.05) is 12.1 Å². The lowest BCUT2D eigenvalue weighted by atomic mass is 10.2. The molecule has 0 saturated heterocycles. The predicted molar refractivity (Wildman–Crippen MR) is 101 cm³/mol. The van der Waals surface area contributed by atoms with E-state index in [1.54, 1.807) is 48.8 Å². The van der Waals surface area contributed by atoms with Gasteiger partial charge in [-0.2, -0.15) is 10.4 Å². The van der Waals surface area contributed by atoms with E-state index in [2.05, 4.69) is 15.4 Å². The molecule has 134 valence electrons. The van der Waals surface area contributed by atoms with Gasteiger partial charge >= 0.3 is 0 Å². The fraction of sp³-hybridized carbons (Fsp3) is 0.150. The minimum atomic E-state index is -0.224. The summed E-state index contributed by atoms with van der Waals surface area (Å²) in [6.07, 6.45) is 4.01. The molecule has 7 nitrogen and oxygen atoms in total. The molecule has 0 aliphatic carbocycles. The number of hydrogen-bond acceptors (Lipinski definition) is 5. The van der Waals surface area contributed by atoms with Gasteiger partial charge in [-0.15, -0.1) is 0 Å². The first-order valence-electron chi connectivity index (χ1n) is 8.45. The molecule has 2 aromatic heterocycles. The number of amides is 1. The molecular weight excluding hydrogens is 342 g/mol. The number of nitriles is 1. The van der Waals surface area contributed by atoms with E-state index >= 15 is 0 Å². The smallest absolute Gasteiger partial charge is 0.266 e. The average Bonchev–Trinajstić information content (AvgIpc) is 2.70. The van der Waals surface area contributed by atoms with Crippen molar-refractivity contribution in [3.05, 3.63) is 76.8 Å². The lowest BCUT2D eigenvalue weighted by Gasteiger charge is -2.08. The summed E-state index contributed by atoms with van der Waals surface area (Å²) in [7, 11) is 0. The number of carbonyl (C=O) groups excluding carboxylic acids is 1. The molecule has 0 spiro atoms. The first kappa shape index (κ1) is 18.0. The van der Waals surface area contributed by atoms with Crippen molar-refractivity contribution in [3.63, 3.8) is 0 Å². The number of rotatable bonds is 6. The molecule has 0 aliphatic rings. The Labute approximate surface area is 155 Å². The maximum absolute atomic E-state index is 12.1. The molecule has 7 heteroatoms.